The van der Waals surface area contributed by atoms with Crippen molar-refractivity contribution < 1.29 is 51.0 Å². The molecule has 4 aromatic rings. The van der Waals surface area contributed by atoms with Crippen molar-refractivity contribution in [2.75, 3.05) is 0 Å². The average Bonchev–Trinajstić information content (AvgIpc) is 3.29. The third kappa shape index (κ3) is 9.23. The van der Waals surface area contributed by atoms with Crippen LogP contribution >= 0.6 is 0 Å². The Kier molecular flexibility index (Phi) is 18.9. The summed E-state index contributed by atoms with van der Waals surface area (Å²) in [6.45, 7) is 8.86. The molecule has 0 aliphatic heterocycles. The smallest absolute Gasteiger partial charge is 1.00 e. The third-order valence-corrected chi connectivity index (χ3v) is 4.58. The van der Waals surface area contributed by atoms with Gasteiger partial charge in [-0.05, 0) is 0 Å². The van der Waals surface area contributed by atoms with Crippen molar-refractivity contribution in [3.05, 3.63) is 83.9 Å². The molecule has 0 fully saturated rings. The molecular weight excluding hydrogens is 503 g/mol. The Labute approximate surface area is 217 Å². The molecule has 1 radical (unpaired) electrons. The van der Waals surface area contributed by atoms with E-state index in [9.17, 15) is 0 Å². The molecule has 0 saturated heterocycles. The summed E-state index contributed by atoms with van der Waals surface area (Å²) in [7, 11) is 0.750. The Morgan fingerprint density at radius 3 is 1.33 bits per heavy atom. The summed E-state index contributed by atoms with van der Waals surface area (Å²) in [5, 5.41) is 5.61. The number of benzene rings is 2. The zero-order chi connectivity index (χ0) is 19.5. The predicted octanol–water partition coefficient (Wildman–Crippen LogP) is 1.55. The van der Waals surface area contributed by atoms with E-state index in [1.807, 2.05) is 0 Å². The van der Waals surface area contributed by atoms with E-state index in [0.29, 0.717) is 0 Å². The first-order chi connectivity index (χ1) is 13.2. The summed E-state index contributed by atoms with van der Waals surface area (Å²) in [5.74, 6) is 0. The molecule has 0 aliphatic rings. The molecule has 0 amide bonds. The zero-order valence-corrected chi connectivity index (χ0v) is 23.7. The van der Waals surface area contributed by atoms with Crippen LogP contribution in [0, 0.1) is 0 Å². The molecule has 4 aromatic carbocycles. The first-order valence-electron chi connectivity index (χ1n) is 10.3. The van der Waals surface area contributed by atoms with E-state index in [1.165, 1.54) is 58.4 Å². The Bertz CT molecular complexity index is 851. The van der Waals surface area contributed by atoms with Crippen molar-refractivity contribution in [1.82, 2.24) is 0 Å². The molecule has 30 heavy (non-hydrogen) atoms. The van der Waals surface area contributed by atoms with Crippen LogP contribution in [0.3, 0.4) is 0 Å². The molecule has 0 aliphatic carbocycles. The molecule has 4 heteroatoms. The fraction of sp³-hybridized carbons (Fsp3) is 0.308. The van der Waals surface area contributed by atoms with Gasteiger partial charge in [-0.15, -0.1) is 82.2 Å². The minimum atomic E-state index is 0. The Morgan fingerprint density at radius 1 is 0.667 bits per heavy atom. The molecule has 4 rings (SSSR count). The van der Waals surface area contributed by atoms with Gasteiger partial charge in [0, 0.05) is 9.52 Å². The van der Waals surface area contributed by atoms with Crippen LogP contribution in [0.1, 0.15) is 37.8 Å². The van der Waals surface area contributed by atoms with Gasteiger partial charge in [-0.3, -0.25) is 0 Å². The van der Waals surface area contributed by atoms with Crippen molar-refractivity contribution in [3.8, 4) is 0 Å². The first-order valence-corrected chi connectivity index (χ1v) is 12.6. The molecule has 0 heterocycles. The zero-order valence-electron chi connectivity index (χ0n) is 18.6. The van der Waals surface area contributed by atoms with Gasteiger partial charge in [-0.25, -0.2) is 0 Å². The van der Waals surface area contributed by atoms with Crippen LogP contribution in [0.15, 0.2) is 72.8 Å². The van der Waals surface area contributed by atoms with Crippen molar-refractivity contribution in [3.63, 3.8) is 0 Å². The number of fused-ring (bicyclic) bond motifs is 2. The predicted molar refractivity (Wildman–Crippen MR) is 126 cm³/mol. The second kappa shape index (κ2) is 18.0. The maximum Gasteiger partial charge on any atom is 4.00 e. The van der Waals surface area contributed by atoms with Gasteiger partial charge in [-0.2, -0.15) is 11.1 Å². The summed E-state index contributed by atoms with van der Waals surface area (Å²) in [5.41, 5.74) is 2.99. The molecule has 0 aromatic heterocycles. The van der Waals surface area contributed by atoms with Gasteiger partial charge >= 0.3 is 26.2 Å². The molecule has 0 atom stereocenters. The Morgan fingerprint density at radius 2 is 1.00 bits per heavy atom. The van der Waals surface area contributed by atoms with Crippen LogP contribution in [0.2, 0.25) is 13.1 Å². The summed E-state index contributed by atoms with van der Waals surface area (Å²) in [6.07, 6.45) is 4.86. The van der Waals surface area contributed by atoms with Crippen LogP contribution in [0.4, 0.5) is 0 Å². The first kappa shape index (κ1) is 31.5. The largest absolute Gasteiger partial charge is 4.00 e. The summed E-state index contributed by atoms with van der Waals surface area (Å²) in [6, 6.07) is 26.1. The van der Waals surface area contributed by atoms with Crippen LogP contribution < -0.4 is 24.8 Å². The fourth-order valence-corrected chi connectivity index (χ4v) is 3.40. The SMILES string of the molecule is CCCc1c[cH-]c2ccccc12.CCCc1c[cH-]c2ccccc12.C[SiH]C.[Cl-].[Cl-].[Zr+4]. The van der Waals surface area contributed by atoms with E-state index in [0.717, 1.165) is 9.52 Å². The molecule has 0 bridgehead atoms. The molecule has 0 N–H and O–H groups in total. The molecule has 159 valence electrons. The van der Waals surface area contributed by atoms with E-state index >= 15 is 0 Å². The maximum absolute atomic E-state index is 2.24. The van der Waals surface area contributed by atoms with Crippen molar-refractivity contribution in [2.24, 2.45) is 0 Å². The van der Waals surface area contributed by atoms with Crippen LogP contribution in [0.25, 0.3) is 21.5 Å². The number of halogens is 2. The van der Waals surface area contributed by atoms with E-state index in [2.05, 4.69) is 99.7 Å². The Balaban J connectivity index is 0. The van der Waals surface area contributed by atoms with Crippen molar-refractivity contribution >= 4 is 31.1 Å². The number of hydrogen-bond donors (Lipinski definition) is 0. The van der Waals surface area contributed by atoms with E-state index in [1.54, 1.807) is 0 Å². The average molecular weight is 536 g/mol. The second-order valence-electron chi connectivity index (χ2n) is 6.97. The van der Waals surface area contributed by atoms with Gasteiger partial charge in [0.1, 0.15) is 0 Å². The van der Waals surface area contributed by atoms with Gasteiger partial charge in [0.2, 0.25) is 0 Å². The number of hydrogen-bond acceptors (Lipinski definition) is 0. The van der Waals surface area contributed by atoms with Gasteiger partial charge in [0.15, 0.2) is 0 Å². The molecule has 0 spiro atoms. The fourth-order valence-electron chi connectivity index (χ4n) is 3.40. The van der Waals surface area contributed by atoms with Crippen LogP contribution in [-0.4, -0.2) is 9.52 Å². The van der Waals surface area contributed by atoms with Gasteiger partial charge in [0.05, 0.1) is 0 Å². The second-order valence-corrected chi connectivity index (χ2v) is 8.12. The van der Waals surface area contributed by atoms with E-state index in [4.69, 9.17) is 0 Å². The van der Waals surface area contributed by atoms with Gasteiger partial charge in [-0.1, -0.05) is 64.8 Å². The summed E-state index contributed by atoms with van der Waals surface area (Å²) >= 11 is 0. The molecule has 0 unspecified atom stereocenters. The minimum absolute atomic E-state index is 0. The van der Waals surface area contributed by atoms with Crippen LogP contribution in [-0.2, 0) is 39.0 Å². The standard InChI is InChI=1S/2C12H13.C2H7Si.2ClH.Zr/c2*1-2-5-10-8-9-11-6-3-4-7-12(10)11;1-3-2;;;/h2*3-4,6-9H,2,5H2,1H3;3H,1-2H3;2*1H;/q2*-1;;;;+4/p-2. The van der Waals surface area contributed by atoms with Crippen molar-refractivity contribution in [1.29, 1.82) is 0 Å². The summed E-state index contributed by atoms with van der Waals surface area (Å²) < 4.78 is 0. The van der Waals surface area contributed by atoms with Crippen LogP contribution in [0.5, 0.6) is 0 Å². The van der Waals surface area contributed by atoms with E-state index in [-0.39, 0.29) is 51.0 Å². The van der Waals surface area contributed by atoms with Crippen molar-refractivity contribution in [2.45, 2.75) is 52.6 Å². The minimum Gasteiger partial charge on any atom is -1.00 e. The normalized spacial score (nSPS) is 9.20. The summed E-state index contributed by atoms with van der Waals surface area (Å²) in [4.78, 5) is 0. The quantitative estimate of drug-likeness (QED) is 0.275. The maximum atomic E-state index is 2.24. The molecular formula is C26H33Cl2SiZr. The monoisotopic (exact) mass is 533 g/mol. The topological polar surface area (TPSA) is 0 Å². The molecule has 0 saturated carbocycles. The van der Waals surface area contributed by atoms with E-state index < -0.39 is 0 Å². The molecule has 0 nitrogen and oxygen atoms in total. The third-order valence-electron chi connectivity index (χ3n) is 4.58. The number of rotatable bonds is 4. The number of aryl methyl sites for hydroxylation is 2. The van der Waals surface area contributed by atoms with Gasteiger partial charge in [0.25, 0.3) is 0 Å². The van der Waals surface area contributed by atoms with Gasteiger partial charge < -0.3 is 24.8 Å². The Hall–Kier alpha value is -0.660.